The van der Waals surface area contributed by atoms with E-state index in [1.165, 1.54) is 18.4 Å². The minimum absolute atomic E-state index is 0.258. The van der Waals surface area contributed by atoms with E-state index in [-0.39, 0.29) is 5.92 Å². The van der Waals surface area contributed by atoms with E-state index in [2.05, 4.69) is 11.4 Å². The zero-order chi connectivity index (χ0) is 11.0. The topological polar surface area (TPSA) is 12.0 Å². The molecule has 86 valence electrons. The quantitative estimate of drug-likeness (QED) is 0.796. The second kappa shape index (κ2) is 4.08. The Morgan fingerprint density at radius 2 is 2.06 bits per heavy atom. The van der Waals surface area contributed by atoms with Crippen molar-refractivity contribution in [2.45, 2.75) is 38.3 Å². The van der Waals surface area contributed by atoms with E-state index >= 15 is 0 Å². The zero-order valence-corrected chi connectivity index (χ0v) is 9.51. The fraction of sp³-hybridized carbons (Fsp3) is 0.571. The summed E-state index contributed by atoms with van der Waals surface area (Å²) in [6.45, 7) is 0.962. The van der Waals surface area contributed by atoms with Crippen LogP contribution in [0.15, 0.2) is 18.2 Å². The molecule has 1 aliphatic heterocycles. The van der Waals surface area contributed by atoms with Gasteiger partial charge in [-0.25, -0.2) is 4.39 Å². The van der Waals surface area contributed by atoms with Crippen LogP contribution in [0.3, 0.4) is 0 Å². The number of para-hydroxylation sites is 1. The summed E-state index contributed by atoms with van der Waals surface area (Å²) in [5, 5.41) is 3.33. The molecule has 1 unspecified atom stereocenters. The van der Waals surface area contributed by atoms with E-state index in [0.29, 0.717) is 0 Å². The highest BCUT2D eigenvalue weighted by atomic mass is 19.1. The monoisotopic (exact) mass is 219 g/mol. The highest BCUT2D eigenvalue weighted by Crippen LogP contribution is 2.42. The molecule has 1 fully saturated rings. The lowest BCUT2D eigenvalue weighted by atomic mass is 9.93. The van der Waals surface area contributed by atoms with Gasteiger partial charge < -0.3 is 5.32 Å². The van der Waals surface area contributed by atoms with E-state index in [4.69, 9.17) is 0 Å². The molecular weight excluding hydrogens is 201 g/mol. The maximum atomic E-state index is 14.5. The molecule has 1 aromatic carbocycles. The summed E-state index contributed by atoms with van der Waals surface area (Å²) in [7, 11) is 0. The van der Waals surface area contributed by atoms with Crippen LogP contribution in [0.4, 0.5) is 10.1 Å². The number of rotatable bonds is 2. The van der Waals surface area contributed by atoms with Gasteiger partial charge in [0.05, 0.1) is 0 Å². The molecule has 0 amide bonds. The molecule has 1 aromatic rings. The molecule has 0 radical (unpaired) electrons. The van der Waals surface area contributed by atoms with Crippen LogP contribution in [-0.2, 0) is 6.42 Å². The maximum absolute atomic E-state index is 14.5. The largest absolute Gasteiger partial charge is 0.384 e. The Hall–Kier alpha value is -1.05. The predicted molar refractivity (Wildman–Crippen MR) is 64.4 cm³/mol. The standard InChI is InChI=1S/C14H18FN/c15-13(10-4-1-2-5-10)12-7-3-6-11-8-9-16-14(11)12/h3,6-7,10,13,16H,1-2,4-5,8-9H2. The van der Waals surface area contributed by atoms with Gasteiger partial charge in [-0.3, -0.25) is 0 Å². The molecule has 0 bridgehead atoms. The van der Waals surface area contributed by atoms with E-state index in [1.807, 2.05) is 12.1 Å². The minimum Gasteiger partial charge on any atom is -0.384 e. The summed E-state index contributed by atoms with van der Waals surface area (Å²) in [6, 6.07) is 6.07. The lowest BCUT2D eigenvalue weighted by Gasteiger charge is -2.18. The van der Waals surface area contributed by atoms with Gasteiger partial charge in [0.1, 0.15) is 6.17 Å². The van der Waals surface area contributed by atoms with Crippen LogP contribution in [-0.4, -0.2) is 6.54 Å². The Balaban J connectivity index is 1.91. The molecule has 0 saturated heterocycles. The fourth-order valence-electron chi connectivity index (χ4n) is 3.10. The third kappa shape index (κ3) is 1.60. The van der Waals surface area contributed by atoms with Gasteiger partial charge in [0.25, 0.3) is 0 Å². The molecule has 1 atom stereocenters. The SMILES string of the molecule is FC(c1cccc2c1NCC2)C1CCCC1. The van der Waals surface area contributed by atoms with E-state index < -0.39 is 6.17 Å². The first-order valence-electron chi connectivity index (χ1n) is 6.36. The van der Waals surface area contributed by atoms with Crippen molar-refractivity contribution in [3.05, 3.63) is 29.3 Å². The van der Waals surface area contributed by atoms with Crippen LogP contribution in [0.2, 0.25) is 0 Å². The van der Waals surface area contributed by atoms with Crippen molar-refractivity contribution >= 4 is 5.69 Å². The van der Waals surface area contributed by atoms with Crippen LogP contribution in [0.25, 0.3) is 0 Å². The predicted octanol–water partition coefficient (Wildman–Crippen LogP) is 3.86. The average Bonchev–Trinajstić information content (AvgIpc) is 2.98. The molecule has 0 aromatic heterocycles. The highest BCUT2D eigenvalue weighted by Gasteiger charge is 2.29. The van der Waals surface area contributed by atoms with Gasteiger partial charge >= 0.3 is 0 Å². The number of benzene rings is 1. The molecule has 16 heavy (non-hydrogen) atoms. The van der Waals surface area contributed by atoms with Crippen molar-refractivity contribution < 1.29 is 4.39 Å². The maximum Gasteiger partial charge on any atom is 0.130 e. The summed E-state index contributed by atoms with van der Waals surface area (Å²) in [4.78, 5) is 0. The Morgan fingerprint density at radius 1 is 1.25 bits per heavy atom. The molecule has 3 rings (SSSR count). The van der Waals surface area contributed by atoms with Crippen LogP contribution >= 0.6 is 0 Å². The van der Waals surface area contributed by atoms with Crippen molar-refractivity contribution in [1.82, 2.24) is 0 Å². The zero-order valence-electron chi connectivity index (χ0n) is 9.51. The smallest absolute Gasteiger partial charge is 0.130 e. The third-order valence-electron chi connectivity index (χ3n) is 3.99. The van der Waals surface area contributed by atoms with Gasteiger partial charge in [-0.1, -0.05) is 31.0 Å². The molecule has 1 heterocycles. The van der Waals surface area contributed by atoms with Gasteiger partial charge in [-0.15, -0.1) is 0 Å². The van der Waals surface area contributed by atoms with Crippen molar-refractivity contribution in [1.29, 1.82) is 0 Å². The third-order valence-corrected chi connectivity index (χ3v) is 3.99. The first-order valence-corrected chi connectivity index (χ1v) is 6.36. The van der Waals surface area contributed by atoms with Crippen molar-refractivity contribution in [3.8, 4) is 0 Å². The Morgan fingerprint density at radius 3 is 2.88 bits per heavy atom. The van der Waals surface area contributed by atoms with Gasteiger partial charge in [-0.2, -0.15) is 0 Å². The summed E-state index contributed by atoms with van der Waals surface area (Å²) >= 11 is 0. The first kappa shape index (κ1) is 10.1. The lowest BCUT2D eigenvalue weighted by Crippen LogP contribution is -2.07. The number of alkyl halides is 1. The van der Waals surface area contributed by atoms with Crippen molar-refractivity contribution in [2.24, 2.45) is 5.92 Å². The molecule has 1 N–H and O–H groups in total. The first-order chi connectivity index (χ1) is 7.86. The summed E-state index contributed by atoms with van der Waals surface area (Å²) < 4.78 is 14.5. The van der Waals surface area contributed by atoms with Crippen molar-refractivity contribution in [3.63, 3.8) is 0 Å². The molecule has 1 saturated carbocycles. The molecular formula is C14H18FN. The number of hydrogen-bond acceptors (Lipinski definition) is 1. The summed E-state index contributed by atoms with van der Waals surface area (Å²) in [5.74, 6) is 0.258. The second-order valence-electron chi connectivity index (χ2n) is 5.00. The van der Waals surface area contributed by atoms with Crippen LogP contribution < -0.4 is 5.32 Å². The van der Waals surface area contributed by atoms with Gasteiger partial charge in [-0.05, 0) is 30.7 Å². The number of fused-ring (bicyclic) bond motifs is 1. The molecule has 1 nitrogen and oxygen atoms in total. The number of nitrogens with one attached hydrogen (secondary N) is 1. The van der Waals surface area contributed by atoms with E-state index in [0.717, 1.165) is 37.1 Å². The van der Waals surface area contributed by atoms with E-state index in [1.54, 1.807) is 0 Å². The molecule has 2 heteroatoms. The fourth-order valence-corrected chi connectivity index (χ4v) is 3.10. The summed E-state index contributed by atoms with van der Waals surface area (Å²) in [5.41, 5.74) is 3.28. The Bertz CT molecular complexity index is 382. The molecule has 1 aliphatic carbocycles. The lowest BCUT2D eigenvalue weighted by molar-refractivity contribution is 0.236. The normalized spacial score (nSPS) is 21.8. The van der Waals surface area contributed by atoms with Crippen LogP contribution in [0, 0.1) is 5.92 Å². The van der Waals surface area contributed by atoms with Gasteiger partial charge in [0, 0.05) is 17.8 Å². The van der Waals surface area contributed by atoms with E-state index in [9.17, 15) is 4.39 Å². The van der Waals surface area contributed by atoms with Crippen LogP contribution in [0.1, 0.15) is 43.0 Å². The Kier molecular flexibility index (Phi) is 2.58. The number of hydrogen-bond donors (Lipinski definition) is 1. The number of halogens is 1. The van der Waals surface area contributed by atoms with Crippen LogP contribution in [0.5, 0.6) is 0 Å². The molecule has 2 aliphatic rings. The number of anilines is 1. The summed E-state index contributed by atoms with van der Waals surface area (Å²) in [6.07, 6.45) is 4.81. The molecule has 0 spiro atoms. The minimum atomic E-state index is -0.761. The highest BCUT2D eigenvalue weighted by molar-refractivity contribution is 5.62. The van der Waals surface area contributed by atoms with Crippen molar-refractivity contribution in [2.75, 3.05) is 11.9 Å². The second-order valence-corrected chi connectivity index (χ2v) is 5.00. The van der Waals surface area contributed by atoms with Gasteiger partial charge in [0.15, 0.2) is 0 Å². The Labute approximate surface area is 96.1 Å². The van der Waals surface area contributed by atoms with Gasteiger partial charge in [0.2, 0.25) is 0 Å². The average molecular weight is 219 g/mol.